The Hall–Kier alpha value is -1.91. The van der Waals surface area contributed by atoms with Crippen LogP contribution in [0.3, 0.4) is 0 Å². The first-order valence-electron chi connectivity index (χ1n) is 5.36. The van der Waals surface area contributed by atoms with Crippen LogP contribution < -0.4 is 5.32 Å². The van der Waals surface area contributed by atoms with Crippen LogP contribution in [0.15, 0.2) is 42.7 Å². The number of nitrogens with zero attached hydrogens (tertiary/aromatic N) is 2. The maximum Gasteiger partial charge on any atom is 0.250 e. The molecule has 1 heterocycles. The second kappa shape index (κ2) is 6.31. The lowest BCUT2D eigenvalue weighted by Crippen LogP contribution is -2.10. The molecule has 0 bridgehead atoms. The molecular formula is C13H9Cl2N3O. The summed E-state index contributed by atoms with van der Waals surface area (Å²) in [6, 6.07) is 6.77. The van der Waals surface area contributed by atoms with Crippen LogP contribution in [0.2, 0.25) is 10.0 Å². The van der Waals surface area contributed by atoms with Crippen molar-refractivity contribution < 1.29 is 4.79 Å². The molecule has 2 rings (SSSR count). The molecule has 1 aromatic carbocycles. The molecule has 4 nitrogen and oxygen atoms in total. The van der Waals surface area contributed by atoms with Gasteiger partial charge in [0.15, 0.2) is 0 Å². The van der Waals surface area contributed by atoms with Crippen LogP contribution in [0, 0.1) is 0 Å². The van der Waals surface area contributed by atoms with Gasteiger partial charge >= 0.3 is 0 Å². The van der Waals surface area contributed by atoms with Gasteiger partial charge in [0.1, 0.15) is 0 Å². The van der Waals surface area contributed by atoms with Crippen LogP contribution in [-0.4, -0.2) is 15.9 Å². The van der Waals surface area contributed by atoms with Crippen molar-refractivity contribution in [3.05, 3.63) is 58.3 Å². The summed E-state index contributed by atoms with van der Waals surface area (Å²) in [7, 11) is 0. The largest absolute Gasteiger partial charge is 0.291 e. The first-order chi connectivity index (χ1) is 9.15. The summed E-state index contributed by atoms with van der Waals surface area (Å²) in [6.07, 6.45) is 6.09. The van der Waals surface area contributed by atoms with Gasteiger partial charge in [-0.1, -0.05) is 29.3 Å². The van der Waals surface area contributed by atoms with Gasteiger partial charge in [0, 0.05) is 18.5 Å². The topological polar surface area (TPSA) is 54.9 Å². The van der Waals surface area contributed by atoms with Gasteiger partial charge < -0.3 is 0 Å². The molecule has 1 aromatic heterocycles. The highest BCUT2D eigenvalue weighted by molar-refractivity contribution is 6.42. The Kier molecular flexibility index (Phi) is 4.49. The number of nitrogens with one attached hydrogen (secondary N) is 1. The van der Waals surface area contributed by atoms with Gasteiger partial charge in [-0.05, 0) is 29.8 Å². The Balaban J connectivity index is 2.02. The minimum absolute atomic E-state index is 0.256. The van der Waals surface area contributed by atoms with E-state index >= 15 is 0 Å². The third kappa shape index (κ3) is 4.05. The average molecular weight is 294 g/mol. The number of rotatable bonds is 3. The Morgan fingerprint density at radius 2 is 1.89 bits per heavy atom. The molecule has 0 fully saturated rings. The highest BCUT2D eigenvalue weighted by Gasteiger charge is 2.00. The number of halogens is 2. The quantitative estimate of drug-likeness (QED) is 0.882. The number of carbonyl (C=O) groups excluding carboxylic acids is 1. The van der Waals surface area contributed by atoms with E-state index in [2.05, 4.69) is 15.3 Å². The number of benzene rings is 1. The molecule has 0 spiro atoms. The number of hydrogen-bond acceptors (Lipinski definition) is 3. The lowest BCUT2D eigenvalue weighted by Gasteiger charge is -1.99. The summed E-state index contributed by atoms with van der Waals surface area (Å²) in [5.74, 6) is -0.0661. The molecule has 1 N–H and O–H groups in total. The van der Waals surface area contributed by atoms with Gasteiger partial charge in [-0.2, -0.15) is 0 Å². The Morgan fingerprint density at radius 1 is 1.16 bits per heavy atom. The standard InChI is InChI=1S/C13H9Cl2N3O/c14-10-4-2-9(8-11(10)15)3-5-12(19)18-13-16-6-1-7-17-13/h1-8H,(H,16,17,18,19). The van der Waals surface area contributed by atoms with E-state index in [1.54, 1.807) is 42.7 Å². The third-order valence-corrected chi connectivity index (χ3v) is 2.91. The molecule has 0 radical (unpaired) electrons. The molecule has 0 aliphatic carbocycles. The fraction of sp³-hybridized carbons (Fsp3) is 0. The highest BCUT2D eigenvalue weighted by atomic mass is 35.5. The number of hydrogen-bond donors (Lipinski definition) is 1. The zero-order valence-electron chi connectivity index (χ0n) is 9.68. The minimum atomic E-state index is -0.322. The van der Waals surface area contributed by atoms with Gasteiger partial charge in [0.25, 0.3) is 5.91 Å². The SMILES string of the molecule is O=C(C=Cc1ccc(Cl)c(Cl)c1)Nc1ncccn1. The number of anilines is 1. The van der Waals surface area contributed by atoms with Gasteiger partial charge in [0.05, 0.1) is 10.0 Å². The molecular weight excluding hydrogens is 285 g/mol. The summed E-state index contributed by atoms with van der Waals surface area (Å²) in [6.45, 7) is 0. The molecule has 2 aromatic rings. The molecule has 0 unspecified atom stereocenters. The molecule has 0 aliphatic heterocycles. The number of amides is 1. The predicted molar refractivity (Wildman–Crippen MR) is 76.2 cm³/mol. The third-order valence-electron chi connectivity index (χ3n) is 2.17. The zero-order chi connectivity index (χ0) is 13.7. The molecule has 0 saturated carbocycles. The van der Waals surface area contributed by atoms with Crippen molar-refractivity contribution in [2.24, 2.45) is 0 Å². The van der Waals surface area contributed by atoms with Crippen molar-refractivity contribution in [2.75, 3.05) is 5.32 Å². The fourth-order valence-corrected chi connectivity index (χ4v) is 1.61. The van der Waals surface area contributed by atoms with E-state index in [1.807, 2.05) is 0 Å². The van der Waals surface area contributed by atoms with E-state index in [0.29, 0.717) is 10.0 Å². The zero-order valence-corrected chi connectivity index (χ0v) is 11.2. The molecule has 0 atom stereocenters. The van der Waals surface area contributed by atoms with Crippen LogP contribution in [0.5, 0.6) is 0 Å². The molecule has 0 saturated heterocycles. The van der Waals surface area contributed by atoms with E-state index in [-0.39, 0.29) is 11.9 Å². The summed E-state index contributed by atoms with van der Waals surface area (Å²) >= 11 is 11.7. The number of aromatic nitrogens is 2. The molecule has 6 heteroatoms. The van der Waals surface area contributed by atoms with Gasteiger partial charge in [-0.15, -0.1) is 0 Å². The monoisotopic (exact) mass is 293 g/mol. The fourth-order valence-electron chi connectivity index (χ4n) is 1.30. The van der Waals surface area contributed by atoms with Gasteiger partial charge in [0.2, 0.25) is 5.95 Å². The van der Waals surface area contributed by atoms with Crippen LogP contribution >= 0.6 is 23.2 Å². The van der Waals surface area contributed by atoms with E-state index < -0.39 is 0 Å². The summed E-state index contributed by atoms with van der Waals surface area (Å²) < 4.78 is 0. The predicted octanol–water partition coefficient (Wildman–Crippen LogP) is 3.44. The maximum absolute atomic E-state index is 11.6. The van der Waals surface area contributed by atoms with Crippen LogP contribution in [0.4, 0.5) is 5.95 Å². The van der Waals surface area contributed by atoms with Gasteiger partial charge in [-0.25, -0.2) is 9.97 Å². The summed E-state index contributed by atoms with van der Waals surface area (Å²) in [4.78, 5) is 19.4. The van der Waals surface area contributed by atoms with Crippen molar-refractivity contribution in [2.45, 2.75) is 0 Å². The van der Waals surface area contributed by atoms with E-state index in [4.69, 9.17) is 23.2 Å². The highest BCUT2D eigenvalue weighted by Crippen LogP contribution is 2.23. The molecule has 96 valence electrons. The van der Waals surface area contributed by atoms with Crippen molar-refractivity contribution in [3.63, 3.8) is 0 Å². The van der Waals surface area contributed by atoms with E-state index in [1.165, 1.54) is 6.08 Å². The van der Waals surface area contributed by atoms with E-state index in [0.717, 1.165) is 5.56 Å². The van der Waals surface area contributed by atoms with Crippen molar-refractivity contribution in [1.29, 1.82) is 0 Å². The summed E-state index contributed by atoms with van der Waals surface area (Å²) in [5, 5.41) is 3.44. The van der Waals surface area contributed by atoms with Crippen molar-refractivity contribution >= 4 is 41.1 Å². The van der Waals surface area contributed by atoms with Gasteiger partial charge in [-0.3, -0.25) is 10.1 Å². The lowest BCUT2D eigenvalue weighted by atomic mass is 10.2. The average Bonchev–Trinajstić information content (AvgIpc) is 2.41. The van der Waals surface area contributed by atoms with Crippen LogP contribution in [0.25, 0.3) is 6.08 Å². The maximum atomic E-state index is 11.6. The second-order valence-electron chi connectivity index (χ2n) is 3.57. The Labute approximate surface area is 120 Å². The molecule has 1 amide bonds. The second-order valence-corrected chi connectivity index (χ2v) is 4.38. The lowest BCUT2D eigenvalue weighted by molar-refractivity contribution is -0.111. The van der Waals surface area contributed by atoms with E-state index in [9.17, 15) is 4.79 Å². The Bertz CT molecular complexity index is 615. The smallest absolute Gasteiger partial charge is 0.250 e. The first kappa shape index (κ1) is 13.5. The molecule has 19 heavy (non-hydrogen) atoms. The van der Waals surface area contributed by atoms with Crippen LogP contribution in [-0.2, 0) is 4.79 Å². The van der Waals surface area contributed by atoms with Crippen molar-refractivity contribution in [1.82, 2.24) is 9.97 Å². The summed E-state index contributed by atoms with van der Waals surface area (Å²) in [5.41, 5.74) is 0.776. The minimum Gasteiger partial charge on any atom is -0.291 e. The number of carbonyl (C=O) groups is 1. The Morgan fingerprint density at radius 3 is 2.58 bits per heavy atom. The normalized spacial score (nSPS) is 10.6. The first-order valence-corrected chi connectivity index (χ1v) is 6.12. The van der Waals surface area contributed by atoms with Crippen LogP contribution in [0.1, 0.15) is 5.56 Å². The van der Waals surface area contributed by atoms with Crippen molar-refractivity contribution in [3.8, 4) is 0 Å². The molecule has 0 aliphatic rings.